The van der Waals surface area contributed by atoms with E-state index in [0.29, 0.717) is 18.6 Å². The van der Waals surface area contributed by atoms with E-state index < -0.39 is 66.2 Å². The van der Waals surface area contributed by atoms with Gasteiger partial charge in [-0.25, -0.2) is 4.79 Å². The first-order valence-corrected chi connectivity index (χ1v) is 11.8. The summed E-state index contributed by atoms with van der Waals surface area (Å²) >= 11 is 1.43. The molecule has 14 heteroatoms. The minimum absolute atomic E-state index is 0.197. The van der Waals surface area contributed by atoms with Crippen LogP contribution in [0, 0.1) is 0 Å². The molecule has 0 saturated carbocycles. The van der Waals surface area contributed by atoms with Gasteiger partial charge in [0, 0.05) is 13.0 Å². The number of primary amides is 1. The summed E-state index contributed by atoms with van der Waals surface area (Å²) in [5.74, 6) is -4.94. The van der Waals surface area contributed by atoms with Crippen molar-refractivity contribution in [3.63, 3.8) is 0 Å². The Kier molecular flexibility index (Phi) is 11.6. The predicted octanol–water partition coefficient (Wildman–Crippen LogP) is -2.15. The van der Waals surface area contributed by atoms with Crippen molar-refractivity contribution in [1.29, 1.82) is 0 Å². The van der Waals surface area contributed by atoms with Gasteiger partial charge in [0.15, 0.2) is 0 Å². The second-order valence-corrected chi connectivity index (χ2v) is 8.63. The number of carboxylic acid groups (broad SMARTS) is 2. The third-order valence-electron chi connectivity index (χ3n) is 5.09. The lowest BCUT2D eigenvalue weighted by Gasteiger charge is -2.29. The zero-order valence-corrected chi connectivity index (χ0v) is 19.1. The van der Waals surface area contributed by atoms with E-state index in [4.69, 9.17) is 16.6 Å². The van der Waals surface area contributed by atoms with Crippen molar-refractivity contribution in [3.8, 4) is 0 Å². The van der Waals surface area contributed by atoms with Crippen LogP contribution in [0.3, 0.4) is 0 Å². The van der Waals surface area contributed by atoms with Crippen LogP contribution in [0.25, 0.3) is 0 Å². The Bertz CT molecular complexity index is 764. The maximum absolute atomic E-state index is 13.0. The molecule has 8 N–H and O–H groups in total. The maximum Gasteiger partial charge on any atom is 0.326 e. The Labute approximate surface area is 195 Å². The molecule has 0 radical (unpaired) electrons. The standard InChI is InChI=1S/C19H31N5O8S/c1-33-8-6-12(18(30)24-7-2-3-13(24)19(31)32)23-17(29)11(4-5-14(21)25)22-16(28)10(20)9-15(26)27/h10-13H,2-9,20H2,1H3,(H2,21,25)(H,22,28)(H,23,29)(H,26,27)(H,31,32). The van der Waals surface area contributed by atoms with E-state index in [1.807, 2.05) is 0 Å². The molecule has 1 saturated heterocycles. The molecular formula is C19H31N5O8S. The van der Waals surface area contributed by atoms with Crippen LogP contribution in [-0.2, 0) is 28.8 Å². The minimum Gasteiger partial charge on any atom is -0.481 e. The summed E-state index contributed by atoms with van der Waals surface area (Å²) in [6.45, 7) is 0.243. The highest BCUT2D eigenvalue weighted by Crippen LogP contribution is 2.20. The van der Waals surface area contributed by atoms with E-state index in [1.165, 1.54) is 16.7 Å². The lowest BCUT2D eigenvalue weighted by Crippen LogP contribution is -2.57. The van der Waals surface area contributed by atoms with Crippen LogP contribution in [0.1, 0.15) is 38.5 Å². The van der Waals surface area contributed by atoms with Crippen molar-refractivity contribution in [1.82, 2.24) is 15.5 Å². The van der Waals surface area contributed by atoms with E-state index in [1.54, 1.807) is 6.26 Å². The molecule has 0 aromatic rings. The van der Waals surface area contributed by atoms with Crippen LogP contribution in [0.15, 0.2) is 0 Å². The molecule has 1 rings (SSSR count). The Morgan fingerprint density at radius 2 is 1.70 bits per heavy atom. The normalized spacial score (nSPS) is 18.1. The fourth-order valence-electron chi connectivity index (χ4n) is 3.37. The van der Waals surface area contributed by atoms with E-state index in [2.05, 4.69) is 10.6 Å². The van der Waals surface area contributed by atoms with Crippen molar-refractivity contribution in [2.75, 3.05) is 18.6 Å². The van der Waals surface area contributed by atoms with Crippen molar-refractivity contribution in [3.05, 3.63) is 0 Å². The fraction of sp³-hybridized carbons (Fsp3) is 0.684. The molecule has 0 aliphatic carbocycles. The molecule has 33 heavy (non-hydrogen) atoms. The summed E-state index contributed by atoms with van der Waals surface area (Å²) < 4.78 is 0. The van der Waals surface area contributed by atoms with Gasteiger partial charge in [0.25, 0.3) is 0 Å². The molecule has 0 bridgehead atoms. The van der Waals surface area contributed by atoms with Gasteiger partial charge in [-0.1, -0.05) is 0 Å². The smallest absolute Gasteiger partial charge is 0.326 e. The Hall–Kier alpha value is -2.87. The SMILES string of the molecule is CSCCC(NC(=O)C(CCC(N)=O)NC(=O)C(N)CC(=O)O)C(=O)N1CCCC1C(=O)O. The highest BCUT2D eigenvalue weighted by atomic mass is 32.2. The van der Waals surface area contributed by atoms with Gasteiger partial charge in [-0.3, -0.25) is 24.0 Å². The number of nitrogens with zero attached hydrogens (tertiary/aromatic N) is 1. The third kappa shape index (κ3) is 9.26. The molecule has 1 aliphatic rings. The molecule has 1 heterocycles. The summed E-state index contributed by atoms with van der Waals surface area (Å²) in [7, 11) is 0. The quantitative estimate of drug-likeness (QED) is 0.155. The average molecular weight is 490 g/mol. The number of nitrogens with one attached hydrogen (secondary N) is 2. The molecule has 13 nitrogen and oxygen atoms in total. The second kappa shape index (κ2) is 13.6. The van der Waals surface area contributed by atoms with Crippen LogP contribution < -0.4 is 22.1 Å². The summed E-state index contributed by atoms with van der Waals surface area (Å²) in [5.41, 5.74) is 10.7. The van der Waals surface area contributed by atoms with Gasteiger partial charge in [0.05, 0.1) is 12.5 Å². The first-order chi connectivity index (χ1) is 15.5. The predicted molar refractivity (Wildman–Crippen MR) is 118 cm³/mol. The number of amides is 4. The van der Waals surface area contributed by atoms with E-state index in [-0.39, 0.29) is 25.8 Å². The monoisotopic (exact) mass is 489 g/mol. The minimum atomic E-state index is -1.43. The van der Waals surface area contributed by atoms with Gasteiger partial charge >= 0.3 is 11.9 Å². The zero-order chi connectivity index (χ0) is 25.1. The topological polar surface area (TPSA) is 222 Å². The highest BCUT2D eigenvalue weighted by molar-refractivity contribution is 7.98. The molecule has 1 fully saturated rings. The second-order valence-electron chi connectivity index (χ2n) is 7.64. The van der Waals surface area contributed by atoms with Gasteiger partial charge in [0.2, 0.25) is 23.6 Å². The number of thioether (sulfide) groups is 1. The van der Waals surface area contributed by atoms with Gasteiger partial charge < -0.3 is 37.2 Å². The molecule has 0 aromatic heterocycles. The number of carboxylic acids is 2. The first-order valence-electron chi connectivity index (χ1n) is 10.4. The number of hydrogen-bond donors (Lipinski definition) is 6. The molecule has 186 valence electrons. The number of carbonyl (C=O) groups excluding carboxylic acids is 4. The number of nitrogens with two attached hydrogens (primary N) is 2. The summed E-state index contributed by atoms with van der Waals surface area (Å²) in [6.07, 6.45) is 1.72. The first kappa shape index (κ1) is 28.2. The number of aliphatic carboxylic acids is 2. The van der Waals surface area contributed by atoms with Gasteiger partial charge in [-0.15, -0.1) is 0 Å². The molecule has 4 unspecified atom stereocenters. The Morgan fingerprint density at radius 3 is 2.24 bits per heavy atom. The summed E-state index contributed by atoms with van der Waals surface area (Å²) in [6, 6.07) is -4.76. The van der Waals surface area contributed by atoms with Crippen LogP contribution in [0.2, 0.25) is 0 Å². The van der Waals surface area contributed by atoms with E-state index in [9.17, 15) is 33.9 Å². The number of rotatable bonds is 14. The highest BCUT2D eigenvalue weighted by Gasteiger charge is 2.38. The Balaban J connectivity index is 2.99. The Morgan fingerprint density at radius 1 is 1.06 bits per heavy atom. The lowest BCUT2D eigenvalue weighted by molar-refractivity contribution is -0.149. The molecule has 0 aromatic carbocycles. The van der Waals surface area contributed by atoms with Crippen molar-refractivity contribution >= 4 is 47.3 Å². The average Bonchev–Trinajstić information content (AvgIpc) is 3.22. The largest absolute Gasteiger partial charge is 0.481 e. The van der Waals surface area contributed by atoms with Crippen LogP contribution >= 0.6 is 11.8 Å². The summed E-state index contributed by atoms with van der Waals surface area (Å²) in [4.78, 5) is 72.8. The van der Waals surface area contributed by atoms with Gasteiger partial charge in [-0.2, -0.15) is 11.8 Å². The van der Waals surface area contributed by atoms with Crippen molar-refractivity contribution < 1.29 is 39.0 Å². The van der Waals surface area contributed by atoms with Crippen molar-refractivity contribution in [2.45, 2.75) is 62.7 Å². The molecule has 4 atom stereocenters. The molecule has 1 aliphatic heterocycles. The number of likely N-dealkylation sites (tertiary alicyclic amines) is 1. The molecule has 0 spiro atoms. The zero-order valence-electron chi connectivity index (χ0n) is 18.3. The fourth-order valence-corrected chi connectivity index (χ4v) is 3.84. The molecule has 4 amide bonds. The summed E-state index contributed by atoms with van der Waals surface area (Å²) in [5, 5.41) is 23.0. The third-order valence-corrected chi connectivity index (χ3v) is 5.73. The van der Waals surface area contributed by atoms with E-state index >= 15 is 0 Å². The van der Waals surface area contributed by atoms with Crippen LogP contribution in [0.5, 0.6) is 0 Å². The molecular weight excluding hydrogens is 458 g/mol. The van der Waals surface area contributed by atoms with Gasteiger partial charge in [0.1, 0.15) is 18.1 Å². The van der Waals surface area contributed by atoms with Crippen LogP contribution in [0.4, 0.5) is 0 Å². The maximum atomic E-state index is 13.0. The van der Waals surface area contributed by atoms with Gasteiger partial charge in [-0.05, 0) is 37.7 Å². The number of carbonyl (C=O) groups is 6. The lowest BCUT2D eigenvalue weighted by atomic mass is 10.1. The number of hydrogen-bond acceptors (Lipinski definition) is 8. The van der Waals surface area contributed by atoms with Crippen LogP contribution in [-0.4, -0.2) is 93.4 Å². The van der Waals surface area contributed by atoms with E-state index in [0.717, 1.165) is 0 Å². The van der Waals surface area contributed by atoms with Crippen molar-refractivity contribution in [2.24, 2.45) is 11.5 Å².